The van der Waals surface area contributed by atoms with Gasteiger partial charge in [-0.1, -0.05) is 0 Å². The first kappa shape index (κ1) is 14.8. The van der Waals surface area contributed by atoms with Gasteiger partial charge in [0, 0.05) is 23.4 Å². The van der Waals surface area contributed by atoms with Crippen LogP contribution in [0.25, 0.3) is 0 Å². The molecule has 0 aliphatic heterocycles. The lowest BCUT2D eigenvalue weighted by Crippen LogP contribution is -2.14. The summed E-state index contributed by atoms with van der Waals surface area (Å²) < 4.78 is 27.8. The highest BCUT2D eigenvalue weighted by molar-refractivity contribution is 9.10. The lowest BCUT2D eigenvalue weighted by Gasteiger charge is -2.10. The molecular weight excluding hydrogens is 342 g/mol. The predicted molar refractivity (Wildman–Crippen MR) is 83.5 cm³/mol. The van der Waals surface area contributed by atoms with Crippen LogP contribution in [-0.4, -0.2) is 20.4 Å². The molecule has 0 fully saturated rings. The van der Waals surface area contributed by atoms with Gasteiger partial charge in [-0.15, -0.1) is 0 Å². The summed E-state index contributed by atoms with van der Waals surface area (Å²) in [6.45, 7) is 1.79. The summed E-state index contributed by atoms with van der Waals surface area (Å²) in [5, 5.41) is 2.94. The van der Waals surface area contributed by atoms with Gasteiger partial charge in [-0.05, 0) is 58.7 Å². The number of halogens is 1. The molecule has 1 aromatic heterocycles. The van der Waals surface area contributed by atoms with E-state index in [0.29, 0.717) is 5.82 Å². The first-order valence-electron chi connectivity index (χ1n) is 5.85. The average molecular weight is 356 g/mol. The number of hydrogen-bond donors (Lipinski definition) is 2. The Bertz CT molecular complexity index is 715. The van der Waals surface area contributed by atoms with Gasteiger partial charge in [-0.3, -0.25) is 4.72 Å². The SMILES string of the molecule is CNc1ccc(S(=O)(=O)Nc2ncc(Br)cc2C)cc1. The quantitative estimate of drug-likeness (QED) is 0.884. The second kappa shape index (κ2) is 5.80. The Morgan fingerprint density at radius 3 is 2.40 bits per heavy atom. The number of aromatic nitrogens is 1. The third-order valence-corrected chi connectivity index (χ3v) is 4.52. The Hall–Kier alpha value is -1.60. The molecule has 2 aromatic rings. The molecule has 0 atom stereocenters. The van der Waals surface area contributed by atoms with Gasteiger partial charge in [0.2, 0.25) is 0 Å². The molecule has 5 nitrogen and oxygen atoms in total. The van der Waals surface area contributed by atoms with Gasteiger partial charge in [-0.2, -0.15) is 0 Å². The summed E-state index contributed by atoms with van der Waals surface area (Å²) in [6, 6.07) is 8.30. The van der Waals surface area contributed by atoms with Crippen molar-refractivity contribution in [2.75, 3.05) is 17.1 Å². The van der Waals surface area contributed by atoms with Crippen LogP contribution in [0.2, 0.25) is 0 Å². The number of aryl methyl sites for hydroxylation is 1. The molecule has 1 aromatic carbocycles. The lowest BCUT2D eigenvalue weighted by atomic mass is 10.3. The van der Waals surface area contributed by atoms with Gasteiger partial charge < -0.3 is 5.32 Å². The zero-order valence-corrected chi connectivity index (χ0v) is 13.4. The molecule has 0 spiro atoms. The number of benzene rings is 1. The van der Waals surface area contributed by atoms with Crippen LogP contribution in [0.3, 0.4) is 0 Å². The van der Waals surface area contributed by atoms with Crippen molar-refractivity contribution in [1.29, 1.82) is 0 Å². The van der Waals surface area contributed by atoms with Crippen molar-refractivity contribution < 1.29 is 8.42 Å². The van der Waals surface area contributed by atoms with E-state index in [0.717, 1.165) is 15.7 Å². The molecule has 2 rings (SSSR count). The van der Waals surface area contributed by atoms with Crippen molar-refractivity contribution in [3.8, 4) is 0 Å². The van der Waals surface area contributed by atoms with Gasteiger partial charge in [0.05, 0.1) is 4.90 Å². The topological polar surface area (TPSA) is 71.1 Å². The Morgan fingerprint density at radius 2 is 1.85 bits per heavy atom. The molecule has 0 saturated heterocycles. The van der Waals surface area contributed by atoms with Crippen molar-refractivity contribution in [3.05, 3.63) is 46.6 Å². The molecule has 0 aliphatic carbocycles. The number of nitrogens with zero attached hydrogens (tertiary/aromatic N) is 1. The highest BCUT2D eigenvalue weighted by Gasteiger charge is 2.15. The van der Waals surface area contributed by atoms with Gasteiger partial charge in [0.15, 0.2) is 0 Å². The molecule has 20 heavy (non-hydrogen) atoms. The van der Waals surface area contributed by atoms with Crippen LogP contribution in [0.1, 0.15) is 5.56 Å². The molecule has 106 valence electrons. The Labute approximate surface area is 126 Å². The van der Waals surface area contributed by atoms with E-state index in [1.54, 1.807) is 50.5 Å². The van der Waals surface area contributed by atoms with Crippen molar-refractivity contribution in [1.82, 2.24) is 4.98 Å². The van der Waals surface area contributed by atoms with E-state index >= 15 is 0 Å². The number of pyridine rings is 1. The van der Waals surface area contributed by atoms with Crippen LogP contribution < -0.4 is 10.0 Å². The van der Waals surface area contributed by atoms with Gasteiger partial charge in [-0.25, -0.2) is 13.4 Å². The van der Waals surface area contributed by atoms with Gasteiger partial charge in [0.25, 0.3) is 10.0 Å². The molecular formula is C13H14BrN3O2S. The molecule has 0 amide bonds. The Balaban J connectivity index is 2.30. The van der Waals surface area contributed by atoms with E-state index in [1.165, 1.54) is 0 Å². The van der Waals surface area contributed by atoms with E-state index in [4.69, 9.17) is 0 Å². The molecule has 0 unspecified atom stereocenters. The van der Waals surface area contributed by atoms with E-state index < -0.39 is 10.0 Å². The fraction of sp³-hybridized carbons (Fsp3) is 0.154. The first-order valence-corrected chi connectivity index (χ1v) is 8.13. The third-order valence-electron chi connectivity index (χ3n) is 2.73. The average Bonchev–Trinajstić information content (AvgIpc) is 2.42. The smallest absolute Gasteiger partial charge is 0.263 e. The Morgan fingerprint density at radius 1 is 1.20 bits per heavy atom. The van der Waals surface area contributed by atoms with E-state index in [9.17, 15) is 8.42 Å². The van der Waals surface area contributed by atoms with Crippen molar-refractivity contribution in [2.24, 2.45) is 0 Å². The molecule has 0 radical (unpaired) electrons. The van der Waals surface area contributed by atoms with Crippen LogP contribution >= 0.6 is 15.9 Å². The molecule has 0 aliphatic rings. The van der Waals surface area contributed by atoms with E-state index in [-0.39, 0.29) is 4.90 Å². The summed E-state index contributed by atoms with van der Waals surface area (Å²) >= 11 is 3.29. The molecule has 0 bridgehead atoms. The van der Waals surface area contributed by atoms with Crippen LogP contribution in [-0.2, 0) is 10.0 Å². The third kappa shape index (κ3) is 3.29. The van der Waals surface area contributed by atoms with Crippen molar-refractivity contribution in [2.45, 2.75) is 11.8 Å². The maximum Gasteiger partial charge on any atom is 0.263 e. The van der Waals surface area contributed by atoms with Crippen LogP contribution in [0.15, 0.2) is 45.9 Å². The molecule has 7 heteroatoms. The maximum absolute atomic E-state index is 12.3. The minimum Gasteiger partial charge on any atom is -0.388 e. The Kier molecular flexibility index (Phi) is 4.29. The van der Waals surface area contributed by atoms with Crippen molar-refractivity contribution in [3.63, 3.8) is 0 Å². The minimum atomic E-state index is -3.63. The first-order chi connectivity index (χ1) is 9.42. The fourth-order valence-electron chi connectivity index (χ4n) is 1.63. The largest absolute Gasteiger partial charge is 0.388 e. The number of hydrogen-bond acceptors (Lipinski definition) is 4. The van der Waals surface area contributed by atoms with E-state index in [1.807, 2.05) is 0 Å². The molecule has 0 saturated carbocycles. The lowest BCUT2D eigenvalue weighted by molar-refractivity contribution is 0.601. The number of rotatable bonds is 4. The van der Waals surface area contributed by atoms with Crippen LogP contribution in [0.5, 0.6) is 0 Å². The van der Waals surface area contributed by atoms with Crippen LogP contribution in [0, 0.1) is 6.92 Å². The van der Waals surface area contributed by atoms with Crippen LogP contribution in [0.4, 0.5) is 11.5 Å². The predicted octanol–water partition coefficient (Wildman–Crippen LogP) is 3.00. The number of anilines is 2. The summed E-state index contributed by atoms with van der Waals surface area (Å²) in [6.07, 6.45) is 1.55. The van der Waals surface area contributed by atoms with Gasteiger partial charge >= 0.3 is 0 Å². The van der Waals surface area contributed by atoms with Gasteiger partial charge in [0.1, 0.15) is 5.82 Å². The second-order valence-corrected chi connectivity index (χ2v) is 6.80. The fourth-order valence-corrected chi connectivity index (χ4v) is 3.16. The summed E-state index contributed by atoms with van der Waals surface area (Å²) in [5.74, 6) is 0.325. The highest BCUT2D eigenvalue weighted by Crippen LogP contribution is 2.21. The molecule has 2 N–H and O–H groups in total. The zero-order chi connectivity index (χ0) is 14.8. The molecule has 1 heterocycles. The monoisotopic (exact) mass is 355 g/mol. The standard InChI is InChI=1S/C13H14BrN3O2S/c1-9-7-10(14)8-16-13(9)17-20(18,19)12-5-3-11(15-2)4-6-12/h3-8,15H,1-2H3,(H,16,17). The highest BCUT2D eigenvalue weighted by atomic mass is 79.9. The second-order valence-electron chi connectivity index (χ2n) is 4.20. The summed E-state index contributed by atoms with van der Waals surface area (Å²) in [4.78, 5) is 4.27. The maximum atomic E-state index is 12.3. The normalized spacial score (nSPS) is 11.2. The minimum absolute atomic E-state index is 0.195. The summed E-state index contributed by atoms with van der Waals surface area (Å²) in [7, 11) is -1.85. The number of sulfonamides is 1. The van der Waals surface area contributed by atoms with E-state index in [2.05, 4.69) is 31.0 Å². The number of nitrogens with one attached hydrogen (secondary N) is 2. The summed E-state index contributed by atoms with van der Waals surface area (Å²) in [5.41, 5.74) is 1.59. The van der Waals surface area contributed by atoms with Crippen molar-refractivity contribution >= 4 is 37.5 Å². The zero-order valence-electron chi connectivity index (χ0n) is 11.0.